The fraction of sp³-hybridized carbons (Fsp3) is 0.429. The summed E-state index contributed by atoms with van der Waals surface area (Å²) in [5.41, 5.74) is 1.05. The minimum absolute atomic E-state index is 0.0945. The molecular weight excluding hydrogens is 314 g/mol. The van der Waals surface area contributed by atoms with Gasteiger partial charge in [0.1, 0.15) is 6.04 Å². The molecule has 2 rings (SSSR count). The third-order valence-corrected chi connectivity index (χ3v) is 4.53. The number of aliphatic hydroxyl groups excluding tert-OH is 1. The van der Waals surface area contributed by atoms with Crippen LogP contribution in [-0.4, -0.2) is 51.4 Å². The molecule has 0 aliphatic carbocycles. The first kappa shape index (κ1) is 16.1. The van der Waals surface area contributed by atoms with Gasteiger partial charge in [0.05, 0.1) is 11.9 Å². The molecule has 0 aromatic heterocycles. The summed E-state index contributed by atoms with van der Waals surface area (Å²) in [6, 6.07) is 6.44. The maximum absolute atomic E-state index is 12.1. The fourth-order valence-corrected chi connectivity index (χ4v) is 3.24. The highest BCUT2D eigenvalue weighted by Crippen LogP contribution is 2.21. The zero-order valence-electron chi connectivity index (χ0n) is 11.2. The smallest absolute Gasteiger partial charge is 0.326 e. The van der Waals surface area contributed by atoms with Crippen LogP contribution < -0.4 is 0 Å². The van der Waals surface area contributed by atoms with Crippen molar-refractivity contribution in [3.05, 3.63) is 34.9 Å². The highest BCUT2D eigenvalue weighted by atomic mass is 35.5. The third kappa shape index (κ3) is 4.36. The molecule has 1 aromatic carbocycles. The molecule has 0 spiro atoms. The Bertz CT molecular complexity index is 522. The Morgan fingerprint density at radius 3 is 2.62 bits per heavy atom. The van der Waals surface area contributed by atoms with E-state index in [0.717, 1.165) is 5.56 Å². The topological polar surface area (TPSA) is 77.8 Å². The molecule has 2 atom stereocenters. The van der Waals surface area contributed by atoms with E-state index in [9.17, 15) is 14.7 Å². The van der Waals surface area contributed by atoms with Crippen LogP contribution in [0.1, 0.15) is 12.0 Å². The molecule has 0 radical (unpaired) electrons. The average molecular weight is 330 g/mol. The van der Waals surface area contributed by atoms with Crippen LogP contribution in [0, 0.1) is 0 Å². The van der Waals surface area contributed by atoms with E-state index in [1.54, 1.807) is 12.1 Å². The van der Waals surface area contributed by atoms with Gasteiger partial charge in [-0.25, -0.2) is 4.79 Å². The number of hydrogen-bond donors (Lipinski definition) is 2. The lowest BCUT2D eigenvalue weighted by Crippen LogP contribution is -2.41. The van der Waals surface area contributed by atoms with Crippen molar-refractivity contribution in [1.82, 2.24) is 4.90 Å². The quantitative estimate of drug-likeness (QED) is 0.858. The van der Waals surface area contributed by atoms with Crippen LogP contribution in [0.25, 0.3) is 0 Å². The molecule has 0 saturated carbocycles. The normalized spacial score (nSPS) is 21.5. The van der Waals surface area contributed by atoms with Crippen molar-refractivity contribution in [1.29, 1.82) is 0 Å². The molecule has 5 nitrogen and oxygen atoms in total. The summed E-state index contributed by atoms with van der Waals surface area (Å²) >= 11 is 7.21. The Hall–Kier alpha value is -1.24. The van der Waals surface area contributed by atoms with Crippen LogP contribution >= 0.6 is 23.4 Å². The molecule has 1 aliphatic heterocycles. The number of hydrogen-bond acceptors (Lipinski definition) is 4. The van der Waals surface area contributed by atoms with E-state index in [1.165, 1.54) is 16.7 Å². The Kier molecular flexibility index (Phi) is 5.50. The Morgan fingerprint density at radius 1 is 1.33 bits per heavy atom. The van der Waals surface area contributed by atoms with E-state index in [4.69, 9.17) is 16.7 Å². The molecule has 0 bridgehead atoms. The van der Waals surface area contributed by atoms with Crippen LogP contribution in [0.15, 0.2) is 24.3 Å². The van der Waals surface area contributed by atoms with E-state index in [2.05, 4.69) is 0 Å². The molecule has 2 N–H and O–H groups in total. The van der Waals surface area contributed by atoms with Crippen LogP contribution in [0.5, 0.6) is 0 Å². The van der Waals surface area contributed by atoms with Gasteiger partial charge in [0.15, 0.2) is 0 Å². The number of thioether (sulfide) groups is 1. The predicted molar refractivity (Wildman–Crippen MR) is 81.4 cm³/mol. The molecule has 1 saturated heterocycles. The van der Waals surface area contributed by atoms with Gasteiger partial charge < -0.3 is 15.1 Å². The highest BCUT2D eigenvalue weighted by molar-refractivity contribution is 7.99. The number of aliphatic carboxylic acids is 1. The van der Waals surface area contributed by atoms with Gasteiger partial charge in [-0.3, -0.25) is 4.79 Å². The lowest BCUT2D eigenvalue weighted by molar-refractivity contribution is -0.147. The lowest BCUT2D eigenvalue weighted by atomic mass is 10.2. The van der Waals surface area contributed by atoms with E-state index in [1.807, 2.05) is 12.1 Å². The number of carboxylic acids is 1. The van der Waals surface area contributed by atoms with E-state index in [-0.39, 0.29) is 24.6 Å². The average Bonchev–Trinajstić information content (AvgIpc) is 2.83. The van der Waals surface area contributed by atoms with Gasteiger partial charge in [0.25, 0.3) is 0 Å². The number of rotatable bonds is 5. The molecule has 1 aliphatic rings. The number of carboxylic acid groups (broad SMARTS) is 1. The number of likely N-dealkylation sites (tertiary alicyclic amines) is 1. The van der Waals surface area contributed by atoms with Crippen LogP contribution in [0.4, 0.5) is 0 Å². The number of halogens is 1. The molecule has 1 amide bonds. The van der Waals surface area contributed by atoms with Gasteiger partial charge in [0, 0.05) is 23.7 Å². The Labute approximate surface area is 131 Å². The number of carbonyl (C=O) groups is 2. The maximum Gasteiger partial charge on any atom is 0.326 e. The minimum Gasteiger partial charge on any atom is -0.480 e. The highest BCUT2D eigenvalue weighted by Gasteiger charge is 2.38. The summed E-state index contributed by atoms with van der Waals surface area (Å²) in [7, 11) is 0. The SMILES string of the molecule is O=C(O)[C@H]1C[C@@H](O)CN1C(=O)CSCc1ccc(Cl)cc1. The molecule has 1 aromatic rings. The Balaban J connectivity index is 1.84. The lowest BCUT2D eigenvalue weighted by Gasteiger charge is -2.20. The second-order valence-electron chi connectivity index (χ2n) is 4.91. The van der Waals surface area contributed by atoms with E-state index in [0.29, 0.717) is 10.8 Å². The van der Waals surface area contributed by atoms with Gasteiger partial charge in [-0.1, -0.05) is 23.7 Å². The second kappa shape index (κ2) is 7.15. The number of amides is 1. The number of carbonyl (C=O) groups excluding carboxylic acids is 1. The summed E-state index contributed by atoms with van der Waals surface area (Å²) in [5.74, 6) is -0.476. The van der Waals surface area contributed by atoms with Gasteiger partial charge >= 0.3 is 5.97 Å². The zero-order valence-corrected chi connectivity index (χ0v) is 12.8. The largest absolute Gasteiger partial charge is 0.480 e. The van der Waals surface area contributed by atoms with Crippen molar-refractivity contribution in [3.8, 4) is 0 Å². The fourth-order valence-electron chi connectivity index (χ4n) is 2.24. The zero-order chi connectivity index (χ0) is 15.4. The number of nitrogens with zero attached hydrogens (tertiary/aromatic N) is 1. The number of benzene rings is 1. The van der Waals surface area contributed by atoms with Gasteiger partial charge in [-0.2, -0.15) is 0 Å². The van der Waals surface area contributed by atoms with Crippen molar-refractivity contribution in [2.24, 2.45) is 0 Å². The first-order valence-electron chi connectivity index (χ1n) is 6.50. The van der Waals surface area contributed by atoms with Crippen molar-refractivity contribution < 1.29 is 19.8 Å². The van der Waals surface area contributed by atoms with Crippen molar-refractivity contribution in [3.63, 3.8) is 0 Å². The molecule has 21 heavy (non-hydrogen) atoms. The number of β-amino-alcohol motifs (C(OH)–C–C–N with tert-alkyl or cyclic N) is 1. The summed E-state index contributed by atoms with van der Waals surface area (Å²) in [4.78, 5) is 24.4. The van der Waals surface area contributed by atoms with Crippen LogP contribution in [0.2, 0.25) is 5.02 Å². The maximum atomic E-state index is 12.1. The summed E-state index contributed by atoms with van der Waals surface area (Å²) in [5, 5.41) is 19.2. The van der Waals surface area contributed by atoms with Crippen molar-refractivity contribution in [2.75, 3.05) is 12.3 Å². The molecular formula is C14H16ClNO4S. The molecule has 1 fully saturated rings. The van der Waals surface area contributed by atoms with Gasteiger partial charge in [0.2, 0.25) is 5.91 Å². The summed E-state index contributed by atoms with van der Waals surface area (Å²) in [6.45, 7) is 0.0945. The standard InChI is InChI=1S/C14H16ClNO4S/c15-10-3-1-9(2-4-10)7-21-8-13(18)16-6-11(17)5-12(16)14(19)20/h1-4,11-12,17H,5-8H2,(H,19,20)/t11-,12-/m1/s1. The van der Waals surface area contributed by atoms with E-state index < -0.39 is 18.1 Å². The first-order valence-corrected chi connectivity index (χ1v) is 8.03. The predicted octanol–water partition coefficient (Wildman–Crippen LogP) is 1.62. The third-order valence-electron chi connectivity index (χ3n) is 3.29. The number of aliphatic hydroxyl groups is 1. The van der Waals surface area contributed by atoms with Crippen LogP contribution in [-0.2, 0) is 15.3 Å². The minimum atomic E-state index is -1.07. The second-order valence-corrected chi connectivity index (χ2v) is 6.33. The van der Waals surface area contributed by atoms with Gasteiger partial charge in [-0.05, 0) is 17.7 Å². The monoisotopic (exact) mass is 329 g/mol. The first-order chi connectivity index (χ1) is 9.97. The summed E-state index contributed by atoms with van der Waals surface area (Å²) in [6.07, 6.45) is -0.653. The van der Waals surface area contributed by atoms with Crippen molar-refractivity contribution >= 4 is 35.2 Å². The van der Waals surface area contributed by atoms with E-state index >= 15 is 0 Å². The summed E-state index contributed by atoms with van der Waals surface area (Å²) < 4.78 is 0. The molecule has 7 heteroatoms. The Morgan fingerprint density at radius 2 is 2.00 bits per heavy atom. The van der Waals surface area contributed by atoms with Gasteiger partial charge in [-0.15, -0.1) is 11.8 Å². The molecule has 114 valence electrons. The molecule has 1 heterocycles. The van der Waals surface area contributed by atoms with Crippen molar-refractivity contribution in [2.45, 2.75) is 24.3 Å². The van der Waals surface area contributed by atoms with Crippen LogP contribution in [0.3, 0.4) is 0 Å². The molecule has 0 unspecified atom stereocenters.